The van der Waals surface area contributed by atoms with Crippen molar-refractivity contribution in [3.63, 3.8) is 0 Å². The molecule has 0 radical (unpaired) electrons. The Morgan fingerprint density at radius 1 is 0.333 bits per heavy atom. The van der Waals surface area contributed by atoms with E-state index >= 15 is 0 Å². The van der Waals surface area contributed by atoms with Crippen LogP contribution in [0.15, 0.2) is 231 Å². The number of aryl methyl sites for hydroxylation is 1. The zero-order valence-corrected chi connectivity index (χ0v) is 36.2. The number of aromatic nitrogens is 5. The summed E-state index contributed by atoms with van der Waals surface area (Å²) >= 11 is 0. The van der Waals surface area contributed by atoms with Gasteiger partial charge in [0.2, 0.25) is 0 Å². The molecular formula is C61H41N5. The largest absolute Gasteiger partial charge is 0.256 e. The van der Waals surface area contributed by atoms with Crippen LogP contribution in [0.25, 0.3) is 117 Å². The van der Waals surface area contributed by atoms with Crippen LogP contribution >= 0.6 is 0 Å². The summed E-state index contributed by atoms with van der Waals surface area (Å²) in [4.78, 5) is 15.1. The van der Waals surface area contributed by atoms with Crippen LogP contribution in [0.2, 0.25) is 0 Å². The van der Waals surface area contributed by atoms with Gasteiger partial charge >= 0.3 is 0 Å². The Morgan fingerprint density at radius 3 is 1.27 bits per heavy atom. The number of hydrogen-bond acceptors (Lipinski definition) is 4. The lowest BCUT2D eigenvalue weighted by molar-refractivity contribution is 1.00. The van der Waals surface area contributed by atoms with Crippen molar-refractivity contribution in [2.45, 2.75) is 6.92 Å². The fourth-order valence-corrected chi connectivity index (χ4v) is 9.56. The van der Waals surface area contributed by atoms with E-state index in [1.807, 2.05) is 36.9 Å². The number of benzene rings is 7. The third kappa shape index (κ3) is 6.91. The van der Waals surface area contributed by atoms with E-state index in [1.54, 1.807) is 0 Å². The molecule has 66 heavy (non-hydrogen) atoms. The van der Waals surface area contributed by atoms with Crippen LogP contribution in [0.4, 0.5) is 0 Å². The van der Waals surface area contributed by atoms with Crippen LogP contribution in [0, 0.1) is 6.92 Å². The van der Waals surface area contributed by atoms with E-state index in [4.69, 9.17) is 20.1 Å². The van der Waals surface area contributed by atoms with E-state index in [-0.39, 0.29) is 0 Å². The highest BCUT2D eigenvalue weighted by molar-refractivity contribution is 6.12. The van der Waals surface area contributed by atoms with Crippen molar-refractivity contribution in [1.29, 1.82) is 0 Å². The average molecular weight is 844 g/mol. The van der Waals surface area contributed by atoms with E-state index in [2.05, 4.69) is 206 Å². The summed E-state index contributed by atoms with van der Waals surface area (Å²) in [6.45, 7) is 2.14. The molecule has 5 aromatic heterocycles. The van der Waals surface area contributed by atoms with Crippen molar-refractivity contribution in [1.82, 2.24) is 24.6 Å². The number of para-hydroxylation sites is 1. The quantitative estimate of drug-likeness (QED) is 0.143. The van der Waals surface area contributed by atoms with E-state index in [0.29, 0.717) is 0 Å². The fraction of sp³-hybridized carbons (Fsp3) is 0.0164. The Morgan fingerprint density at radius 2 is 0.788 bits per heavy atom. The SMILES string of the molecule is Cc1cccc2c3ncc(-c4ccccc4-c4cc(-c5ccccc5-c5ccc(-c6ccccc6)nc5)cc(-c5ccccc5-c5ccc(-c6ccccc6)nc5)c4)cc3c3ccnn3c12. The zero-order chi connectivity index (χ0) is 44.0. The Balaban J connectivity index is 1.04. The van der Waals surface area contributed by atoms with Crippen molar-refractivity contribution in [3.8, 4) is 89.3 Å². The smallest absolute Gasteiger partial charge is 0.0818 e. The Labute approximate surface area is 383 Å². The zero-order valence-electron chi connectivity index (χ0n) is 36.2. The van der Waals surface area contributed by atoms with Crippen LogP contribution in [0.1, 0.15) is 5.56 Å². The van der Waals surface area contributed by atoms with Crippen LogP contribution in [-0.2, 0) is 0 Å². The van der Waals surface area contributed by atoms with Gasteiger partial charge in [-0.15, -0.1) is 0 Å². The first-order chi connectivity index (χ1) is 32.6. The summed E-state index contributed by atoms with van der Waals surface area (Å²) in [5.74, 6) is 0. The molecule has 310 valence electrons. The summed E-state index contributed by atoms with van der Waals surface area (Å²) in [5, 5.41) is 6.93. The summed E-state index contributed by atoms with van der Waals surface area (Å²) < 4.78 is 2.06. The van der Waals surface area contributed by atoms with Gasteiger partial charge in [0.05, 0.1) is 34.1 Å². The molecule has 0 aliphatic heterocycles. The lowest BCUT2D eigenvalue weighted by atomic mass is 9.86. The van der Waals surface area contributed by atoms with Gasteiger partial charge in [-0.2, -0.15) is 5.10 Å². The highest BCUT2D eigenvalue weighted by Gasteiger charge is 2.19. The van der Waals surface area contributed by atoms with Crippen molar-refractivity contribution in [2.75, 3.05) is 0 Å². The van der Waals surface area contributed by atoms with Gasteiger partial charge in [-0.25, -0.2) is 4.52 Å². The minimum atomic E-state index is 0.945. The van der Waals surface area contributed by atoms with Crippen molar-refractivity contribution < 1.29 is 0 Å². The molecule has 0 bridgehead atoms. The molecule has 0 aliphatic carbocycles. The number of fused-ring (bicyclic) bond motifs is 6. The number of hydrogen-bond donors (Lipinski definition) is 0. The molecular weight excluding hydrogens is 803 g/mol. The maximum absolute atomic E-state index is 5.21. The van der Waals surface area contributed by atoms with Crippen LogP contribution < -0.4 is 0 Å². The molecule has 12 rings (SSSR count). The molecule has 0 spiro atoms. The molecule has 0 unspecified atom stereocenters. The first-order valence-corrected chi connectivity index (χ1v) is 22.3. The maximum atomic E-state index is 5.21. The van der Waals surface area contributed by atoms with Gasteiger partial charge in [0.1, 0.15) is 0 Å². The lowest BCUT2D eigenvalue weighted by Crippen LogP contribution is -1.97. The molecule has 5 nitrogen and oxygen atoms in total. The number of rotatable bonds is 8. The second kappa shape index (κ2) is 16.4. The van der Waals surface area contributed by atoms with Gasteiger partial charge in [0.15, 0.2) is 0 Å². The predicted octanol–water partition coefficient (Wildman–Crippen LogP) is 15.5. The monoisotopic (exact) mass is 843 g/mol. The molecule has 5 heterocycles. The van der Waals surface area contributed by atoms with Gasteiger partial charge in [0, 0.05) is 57.2 Å². The summed E-state index contributed by atoms with van der Waals surface area (Å²) in [5.41, 5.74) is 21.5. The standard InChI is InChI=1S/C61H41N5/c1-40-15-14-26-55-60-56(59-31-32-65-66(59)61(40)55)36-48(39-64-60)54-25-13-12-24-53(54)47-34-45(51-22-10-8-20-49(51)43-27-29-57(62-37-43)41-16-4-2-5-17-41)33-46(35-47)52-23-11-9-21-50(52)44-28-30-58(63-38-44)42-18-6-3-7-19-42/h2-39H,1H3. The summed E-state index contributed by atoms with van der Waals surface area (Å²) in [7, 11) is 0. The van der Waals surface area contributed by atoms with Crippen LogP contribution in [0.3, 0.4) is 0 Å². The molecule has 5 heteroatoms. The van der Waals surface area contributed by atoms with Crippen molar-refractivity contribution in [2.24, 2.45) is 0 Å². The second-order valence-corrected chi connectivity index (χ2v) is 16.8. The number of nitrogens with zero attached hydrogens (tertiary/aromatic N) is 5. The summed E-state index contributed by atoms with van der Waals surface area (Å²) in [6, 6.07) is 73.1. The Bertz CT molecular complexity index is 3600. The number of pyridine rings is 4. The molecule has 0 saturated carbocycles. The normalized spacial score (nSPS) is 11.4. The molecule has 12 aromatic rings. The maximum Gasteiger partial charge on any atom is 0.0818 e. The molecule has 0 amide bonds. The fourth-order valence-electron chi connectivity index (χ4n) is 9.56. The van der Waals surface area contributed by atoms with Gasteiger partial charge in [0.25, 0.3) is 0 Å². The first kappa shape index (κ1) is 38.8. The third-order valence-electron chi connectivity index (χ3n) is 12.8. The molecule has 0 atom stereocenters. The van der Waals surface area contributed by atoms with Crippen LogP contribution in [0.5, 0.6) is 0 Å². The third-order valence-corrected chi connectivity index (χ3v) is 12.8. The van der Waals surface area contributed by atoms with E-state index in [1.165, 1.54) is 5.56 Å². The highest BCUT2D eigenvalue weighted by atomic mass is 15.2. The van der Waals surface area contributed by atoms with E-state index in [0.717, 1.165) is 117 Å². The predicted molar refractivity (Wildman–Crippen MR) is 272 cm³/mol. The first-order valence-electron chi connectivity index (χ1n) is 22.3. The van der Waals surface area contributed by atoms with Gasteiger partial charge < -0.3 is 0 Å². The molecule has 0 N–H and O–H groups in total. The van der Waals surface area contributed by atoms with Gasteiger partial charge in [-0.05, 0) is 105 Å². The molecule has 0 fully saturated rings. The minimum Gasteiger partial charge on any atom is -0.256 e. The van der Waals surface area contributed by atoms with Crippen LogP contribution in [-0.4, -0.2) is 24.6 Å². The average Bonchev–Trinajstić information content (AvgIpc) is 3.90. The molecule has 7 aromatic carbocycles. The Kier molecular flexibility index (Phi) is 9.65. The Hall–Kier alpha value is -8.80. The highest BCUT2D eigenvalue weighted by Crippen LogP contribution is 2.43. The topological polar surface area (TPSA) is 56.0 Å². The van der Waals surface area contributed by atoms with Crippen molar-refractivity contribution >= 4 is 27.3 Å². The minimum absolute atomic E-state index is 0.945. The summed E-state index contributed by atoms with van der Waals surface area (Å²) in [6.07, 6.45) is 7.91. The molecule has 0 saturated heterocycles. The van der Waals surface area contributed by atoms with E-state index in [9.17, 15) is 0 Å². The van der Waals surface area contributed by atoms with Gasteiger partial charge in [-0.1, -0.05) is 164 Å². The van der Waals surface area contributed by atoms with Crippen molar-refractivity contribution in [3.05, 3.63) is 237 Å². The lowest BCUT2D eigenvalue weighted by Gasteiger charge is -2.18. The van der Waals surface area contributed by atoms with E-state index < -0.39 is 0 Å². The second-order valence-electron chi connectivity index (χ2n) is 16.8. The van der Waals surface area contributed by atoms with Gasteiger partial charge in [-0.3, -0.25) is 15.0 Å². The molecule has 0 aliphatic rings.